The molecule has 27 heavy (non-hydrogen) atoms. The van der Waals surface area contributed by atoms with Gasteiger partial charge in [-0.15, -0.1) is 0 Å². The minimum atomic E-state index is -3.53. The van der Waals surface area contributed by atoms with E-state index in [1.807, 2.05) is 0 Å². The van der Waals surface area contributed by atoms with Crippen LogP contribution in [0.1, 0.15) is 12.8 Å². The van der Waals surface area contributed by atoms with Crippen molar-refractivity contribution in [2.24, 2.45) is 0 Å². The number of nitrogens with one attached hydrogen (secondary N) is 1. The molecule has 2 aromatic rings. The topological polar surface area (TPSA) is 79.4 Å². The van der Waals surface area contributed by atoms with Crippen molar-refractivity contribution in [1.82, 2.24) is 9.29 Å². The van der Waals surface area contributed by atoms with Gasteiger partial charge in [-0.1, -0.05) is 11.8 Å². The van der Waals surface area contributed by atoms with E-state index in [2.05, 4.69) is 10.3 Å². The van der Waals surface area contributed by atoms with Gasteiger partial charge in [0.05, 0.1) is 16.5 Å². The molecule has 3 rings (SSSR count). The Morgan fingerprint density at radius 1 is 1.19 bits per heavy atom. The highest BCUT2D eigenvalue weighted by molar-refractivity contribution is 7.99. The third kappa shape index (κ3) is 4.82. The van der Waals surface area contributed by atoms with Gasteiger partial charge in [-0.05, 0) is 37.1 Å². The summed E-state index contributed by atoms with van der Waals surface area (Å²) >= 11 is 1.06. The number of aromatic nitrogens is 1. The lowest BCUT2D eigenvalue weighted by molar-refractivity contribution is -0.113. The molecule has 2 heterocycles. The van der Waals surface area contributed by atoms with Gasteiger partial charge in [-0.2, -0.15) is 4.31 Å². The maximum Gasteiger partial charge on any atom is 0.244 e. The van der Waals surface area contributed by atoms with Crippen molar-refractivity contribution in [3.8, 4) is 0 Å². The van der Waals surface area contributed by atoms with E-state index in [1.54, 1.807) is 0 Å². The SMILES string of the molecule is O=C(CSc1ccc(S(=O)(=O)N2CCCC2)cn1)Nc1cc(F)ccc1F. The highest BCUT2D eigenvalue weighted by Crippen LogP contribution is 2.23. The van der Waals surface area contributed by atoms with Crippen molar-refractivity contribution in [1.29, 1.82) is 0 Å². The zero-order valence-electron chi connectivity index (χ0n) is 14.2. The molecule has 1 aliphatic heterocycles. The number of hydrogen-bond acceptors (Lipinski definition) is 5. The van der Waals surface area contributed by atoms with Gasteiger partial charge in [0, 0.05) is 25.4 Å². The summed E-state index contributed by atoms with van der Waals surface area (Å²) in [6.07, 6.45) is 2.96. The van der Waals surface area contributed by atoms with Crippen molar-refractivity contribution in [2.75, 3.05) is 24.2 Å². The molecule has 1 N–H and O–H groups in total. The van der Waals surface area contributed by atoms with Crippen LogP contribution < -0.4 is 5.32 Å². The number of nitrogens with zero attached hydrogens (tertiary/aromatic N) is 2. The van der Waals surface area contributed by atoms with E-state index >= 15 is 0 Å². The van der Waals surface area contributed by atoms with Gasteiger partial charge in [0.1, 0.15) is 16.5 Å². The standard InChI is InChI=1S/C17H17F2N3O3S2/c18-12-3-5-14(19)15(9-12)21-16(23)11-26-17-6-4-13(10-20-17)27(24,25)22-7-1-2-8-22/h3-6,9-10H,1-2,7-8,11H2,(H,21,23). The first-order chi connectivity index (χ1) is 12.9. The molecule has 1 fully saturated rings. The molecular formula is C17H17F2N3O3S2. The molecule has 0 aliphatic carbocycles. The number of halogens is 2. The van der Waals surface area contributed by atoms with E-state index in [4.69, 9.17) is 0 Å². The monoisotopic (exact) mass is 413 g/mol. The van der Waals surface area contributed by atoms with Crippen LogP contribution >= 0.6 is 11.8 Å². The number of carbonyl (C=O) groups is 1. The van der Waals surface area contributed by atoms with E-state index in [9.17, 15) is 22.0 Å². The second kappa shape index (κ2) is 8.32. The fourth-order valence-electron chi connectivity index (χ4n) is 2.60. The largest absolute Gasteiger partial charge is 0.323 e. The average molecular weight is 413 g/mol. The Morgan fingerprint density at radius 3 is 2.59 bits per heavy atom. The van der Waals surface area contributed by atoms with Gasteiger partial charge in [0.15, 0.2) is 0 Å². The first kappa shape index (κ1) is 19.7. The normalized spacial score (nSPS) is 15.0. The van der Waals surface area contributed by atoms with Gasteiger partial charge in [0.2, 0.25) is 15.9 Å². The van der Waals surface area contributed by atoms with E-state index in [1.165, 1.54) is 22.6 Å². The quantitative estimate of drug-likeness (QED) is 0.737. The van der Waals surface area contributed by atoms with Gasteiger partial charge in [-0.25, -0.2) is 22.2 Å². The zero-order valence-corrected chi connectivity index (χ0v) is 15.8. The number of rotatable bonds is 6. The van der Waals surface area contributed by atoms with Crippen LogP contribution in [-0.4, -0.2) is 42.5 Å². The second-order valence-electron chi connectivity index (χ2n) is 5.90. The number of carbonyl (C=O) groups excluding carboxylic acids is 1. The van der Waals surface area contributed by atoms with E-state index in [0.717, 1.165) is 42.8 Å². The Balaban J connectivity index is 1.58. The Kier molecular flexibility index (Phi) is 6.08. The van der Waals surface area contributed by atoms with E-state index in [-0.39, 0.29) is 16.3 Å². The Morgan fingerprint density at radius 2 is 1.93 bits per heavy atom. The van der Waals surface area contributed by atoms with Crippen molar-refractivity contribution < 1.29 is 22.0 Å². The summed E-state index contributed by atoms with van der Waals surface area (Å²) in [5, 5.41) is 2.74. The molecule has 1 aromatic heterocycles. The molecule has 0 unspecified atom stereocenters. The maximum atomic E-state index is 13.5. The molecule has 0 atom stereocenters. The van der Waals surface area contributed by atoms with Crippen LogP contribution in [0.15, 0.2) is 46.5 Å². The molecule has 144 valence electrons. The average Bonchev–Trinajstić information content (AvgIpc) is 3.19. The Bertz CT molecular complexity index is 931. The first-order valence-electron chi connectivity index (χ1n) is 8.20. The molecule has 6 nitrogen and oxygen atoms in total. The van der Waals surface area contributed by atoms with Gasteiger partial charge in [0.25, 0.3) is 0 Å². The molecule has 0 saturated carbocycles. The highest BCUT2D eigenvalue weighted by atomic mass is 32.2. The van der Waals surface area contributed by atoms with E-state index < -0.39 is 27.6 Å². The lowest BCUT2D eigenvalue weighted by atomic mass is 10.3. The summed E-state index contributed by atoms with van der Waals surface area (Å²) in [6, 6.07) is 5.76. The minimum absolute atomic E-state index is 0.0822. The molecule has 0 spiro atoms. The number of amides is 1. The molecule has 1 saturated heterocycles. The van der Waals surface area contributed by atoms with Crippen molar-refractivity contribution in [3.63, 3.8) is 0 Å². The summed E-state index contributed by atoms with van der Waals surface area (Å²) in [7, 11) is -3.53. The van der Waals surface area contributed by atoms with Crippen LogP contribution in [0.4, 0.5) is 14.5 Å². The summed E-state index contributed by atoms with van der Waals surface area (Å²) in [5.74, 6) is -2.00. The number of anilines is 1. The van der Waals surface area contributed by atoms with Gasteiger partial charge >= 0.3 is 0 Å². The van der Waals surface area contributed by atoms with Crippen molar-refractivity contribution >= 4 is 33.4 Å². The predicted octanol–water partition coefficient (Wildman–Crippen LogP) is 2.88. The van der Waals surface area contributed by atoms with Gasteiger partial charge < -0.3 is 5.32 Å². The number of benzene rings is 1. The number of sulfonamides is 1. The summed E-state index contributed by atoms with van der Waals surface area (Å²) < 4.78 is 52.9. The smallest absolute Gasteiger partial charge is 0.244 e. The van der Waals surface area contributed by atoms with Crippen molar-refractivity contribution in [2.45, 2.75) is 22.8 Å². The van der Waals surface area contributed by atoms with E-state index in [0.29, 0.717) is 18.1 Å². The third-order valence-electron chi connectivity index (χ3n) is 3.97. The second-order valence-corrected chi connectivity index (χ2v) is 8.84. The minimum Gasteiger partial charge on any atom is -0.323 e. The fraction of sp³-hybridized carbons (Fsp3) is 0.294. The first-order valence-corrected chi connectivity index (χ1v) is 10.6. The Labute approximate surface area is 160 Å². The fourth-order valence-corrected chi connectivity index (χ4v) is 4.71. The number of hydrogen-bond donors (Lipinski definition) is 1. The summed E-state index contributed by atoms with van der Waals surface area (Å²) in [4.78, 5) is 16.1. The van der Waals surface area contributed by atoms with Crippen LogP contribution in [0.5, 0.6) is 0 Å². The lowest BCUT2D eigenvalue weighted by Gasteiger charge is -2.15. The van der Waals surface area contributed by atoms with Crippen molar-refractivity contribution in [3.05, 3.63) is 48.2 Å². The van der Waals surface area contributed by atoms with Crippen LogP contribution in [0.3, 0.4) is 0 Å². The van der Waals surface area contributed by atoms with Crippen LogP contribution in [0.25, 0.3) is 0 Å². The lowest BCUT2D eigenvalue weighted by Crippen LogP contribution is -2.27. The molecule has 0 bridgehead atoms. The molecule has 10 heteroatoms. The zero-order chi connectivity index (χ0) is 19.4. The maximum absolute atomic E-state index is 13.5. The van der Waals surface area contributed by atoms with Crippen LogP contribution in [-0.2, 0) is 14.8 Å². The predicted molar refractivity (Wildman–Crippen MR) is 97.9 cm³/mol. The molecule has 1 amide bonds. The number of pyridine rings is 1. The summed E-state index contributed by atoms with van der Waals surface area (Å²) in [6.45, 7) is 1.02. The van der Waals surface area contributed by atoms with Gasteiger partial charge in [-0.3, -0.25) is 4.79 Å². The molecule has 1 aliphatic rings. The molecular weight excluding hydrogens is 396 g/mol. The Hall–Kier alpha value is -2.04. The third-order valence-corrected chi connectivity index (χ3v) is 6.79. The highest BCUT2D eigenvalue weighted by Gasteiger charge is 2.27. The van der Waals surface area contributed by atoms with Crippen LogP contribution in [0, 0.1) is 11.6 Å². The molecule has 1 aromatic carbocycles. The summed E-state index contributed by atoms with van der Waals surface area (Å²) in [5.41, 5.74) is -0.236. The number of thioether (sulfide) groups is 1. The van der Waals surface area contributed by atoms with Crippen LogP contribution in [0.2, 0.25) is 0 Å². The molecule has 0 radical (unpaired) electrons.